The minimum atomic E-state index is -4.94. The fourth-order valence-electron chi connectivity index (χ4n) is 3.21. The number of alkyl halides is 3. The van der Waals surface area contributed by atoms with Crippen LogP contribution >= 0.6 is 23.2 Å². The Balaban J connectivity index is 2.23. The van der Waals surface area contributed by atoms with Crippen molar-refractivity contribution in [3.63, 3.8) is 0 Å². The predicted octanol–water partition coefficient (Wildman–Crippen LogP) is 5.59. The van der Waals surface area contributed by atoms with Crippen LogP contribution in [0.25, 0.3) is 0 Å². The molecule has 0 fully saturated rings. The van der Waals surface area contributed by atoms with E-state index < -0.39 is 67.1 Å². The number of methoxy groups -OCH3 is 2. The van der Waals surface area contributed by atoms with Crippen molar-refractivity contribution in [2.45, 2.75) is 11.1 Å². The van der Waals surface area contributed by atoms with Gasteiger partial charge >= 0.3 is 6.18 Å². The number of hydrogen-bond acceptors (Lipinski definition) is 6. The summed E-state index contributed by atoms with van der Waals surface area (Å²) in [7, 11) is -2.54. The molecule has 3 aromatic rings. The maximum absolute atomic E-state index is 14.2. The largest absolute Gasteiger partial charge is 0.493 e. The zero-order valence-corrected chi connectivity index (χ0v) is 20.8. The van der Waals surface area contributed by atoms with Gasteiger partial charge in [0.05, 0.1) is 38.9 Å². The van der Waals surface area contributed by atoms with Crippen molar-refractivity contribution in [3.05, 3.63) is 81.3 Å². The van der Waals surface area contributed by atoms with E-state index in [0.717, 1.165) is 44.7 Å². The minimum absolute atomic E-state index is 0.101. The number of hydrogen-bond donors (Lipinski definition) is 0. The van der Waals surface area contributed by atoms with E-state index in [2.05, 4.69) is 4.98 Å². The summed E-state index contributed by atoms with van der Waals surface area (Å²) in [6, 6.07) is 6.57. The molecular weight excluding hydrogens is 551 g/mol. The SMILES string of the molecule is COCN(c1cc(Cl)cnc1C(=O)c1cccc(F)c1OC)S(=O)(=O)c1ccc(Cl)c(C(F)(F)F)c1. The fraction of sp³-hybridized carbons (Fsp3) is 0.182. The molecule has 0 N–H and O–H groups in total. The molecule has 0 aliphatic rings. The average Bonchev–Trinajstić information content (AvgIpc) is 2.81. The second kappa shape index (κ2) is 10.6. The van der Waals surface area contributed by atoms with Crippen molar-refractivity contribution in [1.29, 1.82) is 0 Å². The van der Waals surface area contributed by atoms with Gasteiger partial charge in [0.15, 0.2) is 11.6 Å². The van der Waals surface area contributed by atoms with Crippen molar-refractivity contribution in [1.82, 2.24) is 4.98 Å². The topological polar surface area (TPSA) is 85.8 Å². The lowest BCUT2D eigenvalue weighted by Gasteiger charge is -2.25. The molecule has 3 rings (SSSR count). The Labute approximate surface area is 213 Å². The summed E-state index contributed by atoms with van der Waals surface area (Å²) in [5, 5.41) is -0.811. The van der Waals surface area contributed by atoms with Gasteiger partial charge in [-0.1, -0.05) is 29.3 Å². The van der Waals surface area contributed by atoms with Crippen LogP contribution in [-0.2, 0) is 20.9 Å². The van der Waals surface area contributed by atoms with Gasteiger partial charge in [-0.25, -0.2) is 22.1 Å². The molecule has 0 aliphatic heterocycles. The first-order valence-electron chi connectivity index (χ1n) is 9.74. The fourth-order valence-corrected chi connectivity index (χ4v) is 4.99. The molecule has 0 unspecified atom stereocenters. The van der Waals surface area contributed by atoms with Gasteiger partial charge in [-0.2, -0.15) is 13.2 Å². The number of halogens is 6. The van der Waals surface area contributed by atoms with Crippen LogP contribution in [0.15, 0.2) is 53.6 Å². The molecule has 192 valence electrons. The molecule has 0 amide bonds. The minimum Gasteiger partial charge on any atom is -0.493 e. The van der Waals surface area contributed by atoms with E-state index in [4.69, 9.17) is 32.7 Å². The molecule has 7 nitrogen and oxygen atoms in total. The Morgan fingerprint density at radius 1 is 1.11 bits per heavy atom. The molecule has 0 spiro atoms. The van der Waals surface area contributed by atoms with Crippen LogP contribution in [-0.4, -0.2) is 40.1 Å². The maximum atomic E-state index is 14.2. The second-order valence-electron chi connectivity index (χ2n) is 7.08. The maximum Gasteiger partial charge on any atom is 0.417 e. The van der Waals surface area contributed by atoms with Gasteiger partial charge in [-0.15, -0.1) is 0 Å². The second-order valence-corrected chi connectivity index (χ2v) is 9.79. The molecular formula is C22H16Cl2F4N2O5S. The number of rotatable bonds is 8. The number of ketones is 1. The van der Waals surface area contributed by atoms with Gasteiger partial charge in [0, 0.05) is 13.3 Å². The lowest BCUT2D eigenvalue weighted by molar-refractivity contribution is -0.137. The van der Waals surface area contributed by atoms with Crippen LogP contribution < -0.4 is 9.04 Å². The normalized spacial score (nSPS) is 11.9. The molecule has 0 bridgehead atoms. The zero-order chi connectivity index (χ0) is 26.8. The number of anilines is 1. The molecule has 0 atom stereocenters. The predicted molar refractivity (Wildman–Crippen MR) is 124 cm³/mol. The molecule has 0 aliphatic carbocycles. The average molecular weight is 567 g/mol. The van der Waals surface area contributed by atoms with E-state index >= 15 is 0 Å². The Kier molecular flexibility index (Phi) is 8.13. The lowest BCUT2D eigenvalue weighted by atomic mass is 10.0. The van der Waals surface area contributed by atoms with Crippen molar-refractivity contribution in [2.75, 3.05) is 25.3 Å². The highest BCUT2D eigenvalue weighted by Gasteiger charge is 2.37. The number of carbonyl (C=O) groups excluding carboxylic acids is 1. The van der Waals surface area contributed by atoms with E-state index in [9.17, 15) is 30.8 Å². The number of pyridine rings is 1. The van der Waals surface area contributed by atoms with Crippen LogP contribution in [0.2, 0.25) is 10.0 Å². The summed E-state index contributed by atoms with van der Waals surface area (Å²) in [5.74, 6) is -2.22. The summed E-state index contributed by atoms with van der Waals surface area (Å²) in [6.07, 6.45) is -3.90. The highest BCUT2D eigenvalue weighted by Crippen LogP contribution is 2.38. The number of carbonyl (C=O) groups is 1. The van der Waals surface area contributed by atoms with Crippen molar-refractivity contribution in [2.24, 2.45) is 0 Å². The van der Waals surface area contributed by atoms with E-state index in [1.54, 1.807) is 0 Å². The highest BCUT2D eigenvalue weighted by atomic mass is 35.5. The van der Waals surface area contributed by atoms with Crippen molar-refractivity contribution < 1.29 is 40.2 Å². The Bertz CT molecular complexity index is 1420. The van der Waals surface area contributed by atoms with Gasteiger partial charge in [-0.3, -0.25) is 4.79 Å². The molecule has 1 heterocycles. The quantitative estimate of drug-likeness (QED) is 0.201. The standard InChI is InChI=1S/C22H16Cl2F4N2O5S/c1-34-11-30(36(32,33)13-6-7-16(24)15(9-13)22(26,27)28)18-8-12(23)10-29-19(18)20(31)14-4-3-5-17(25)21(14)35-2/h3-10H,11H2,1-2H3. The first-order chi connectivity index (χ1) is 16.8. The third-order valence-corrected chi connectivity index (χ3v) is 7.08. The first-order valence-corrected chi connectivity index (χ1v) is 11.9. The monoisotopic (exact) mass is 566 g/mol. The summed E-state index contributed by atoms with van der Waals surface area (Å²) >= 11 is 11.6. The zero-order valence-electron chi connectivity index (χ0n) is 18.4. The Morgan fingerprint density at radius 2 is 1.81 bits per heavy atom. The van der Waals surface area contributed by atoms with Gasteiger partial charge < -0.3 is 9.47 Å². The molecule has 1 aromatic heterocycles. The number of benzene rings is 2. The van der Waals surface area contributed by atoms with E-state index in [0.29, 0.717) is 10.4 Å². The third-order valence-electron chi connectivity index (χ3n) is 4.81. The van der Waals surface area contributed by atoms with Gasteiger partial charge in [0.25, 0.3) is 10.0 Å². The molecule has 0 saturated carbocycles. The summed E-state index contributed by atoms with van der Waals surface area (Å²) in [5.41, 5.74) is -2.60. The number of para-hydroxylation sites is 1. The van der Waals surface area contributed by atoms with Crippen LogP contribution in [0.5, 0.6) is 5.75 Å². The summed E-state index contributed by atoms with van der Waals surface area (Å²) in [6.45, 7) is -0.741. The molecule has 36 heavy (non-hydrogen) atoms. The first kappa shape index (κ1) is 27.7. The molecule has 2 aromatic carbocycles. The Hall–Kier alpha value is -2.93. The molecule has 0 saturated heterocycles. The van der Waals surface area contributed by atoms with Crippen LogP contribution in [0, 0.1) is 5.82 Å². The summed E-state index contributed by atoms with van der Waals surface area (Å²) < 4.78 is 91.7. The van der Waals surface area contributed by atoms with Crippen LogP contribution in [0.4, 0.5) is 23.2 Å². The van der Waals surface area contributed by atoms with E-state index in [1.807, 2.05) is 0 Å². The lowest BCUT2D eigenvalue weighted by Crippen LogP contribution is -2.34. The van der Waals surface area contributed by atoms with E-state index in [1.165, 1.54) is 12.1 Å². The molecule has 14 heteroatoms. The number of aromatic nitrogens is 1. The van der Waals surface area contributed by atoms with Crippen molar-refractivity contribution in [3.8, 4) is 5.75 Å². The van der Waals surface area contributed by atoms with Crippen molar-refractivity contribution >= 4 is 44.7 Å². The third kappa shape index (κ3) is 5.41. The Morgan fingerprint density at radius 3 is 2.42 bits per heavy atom. The number of ether oxygens (including phenoxy) is 2. The smallest absolute Gasteiger partial charge is 0.417 e. The molecule has 0 radical (unpaired) electrons. The number of sulfonamides is 1. The van der Waals surface area contributed by atoms with Crippen LogP contribution in [0.1, 0.15) is 21.6 Å². The van der Waals surface area contributed by atoms with E-state index in [-0.39, 0.29) is 10.6 Å². The number of nitrogens with zero attached hydrogens (tertiary/aromatic N) is 2. The van der Waals surface area contributed by atoms with Gasteiger partial charge in [0.1, 0.15) is 12.4 Å². The van der Waals surface area contributed by atoms with Crippen LogP contribution in [0.3, 0.4) is 0 Å². The van der Waals surface area contributed by atoms with Gasteiger partial charge in [-0.05, 0) is 36.4 Å². The van der Waals surface area contributed by atoms with Gasteiger partial charge in [0.2, 0.25) is 5.78 Å². The highest BCUT2D eigenvalue weighted by molar-refractivity contribution is 7.92. The summed E-state index contributed by atoms with van der Waals surface area (Å²) in [4.78, 5) is 16.5.